The molecule has 0 spiro atoms. The van der Waals surface area contributed by atoms with Gasteiger partial charge in [-0.3, -0.25) is 0 Å². The molecule has 5 heteroatoms. The van der Waals surface area contributed by atoms with Gasteiger partial charge in [-0.1, -0.05) is 81.4 Å². The Labute approximate surface area is 272 Å². The first-order valence-electron chi connectivity index (χ1n) is 15.9. The van der Waals surface area contributed by atoms with Gasteiger partial charge < -0.3 is 9.47 Å². The highest BCUT2D eigenvalue weighted by molar-refractivity contribution is 6.17. The number of aromatic nitrogens is 1. The quantitative estimate of drug-likeness (QED) is 0.0876. The van der Waals surface area contributed by atoms with Crippen molar-refractivity contribution in [3.8, 4) is 0 Å². The second kappa shape index (κ2) is 10.5. The Balaban J connectivity index is 1.60. The van der Waals surface area contributed by atoms with Crippen LogP contribution in [0.1, 0.15) is 69.8 Å². The van der Waals surface area contributed by atoms with Crippen LogP contribution < -0.4 is 9.75 Å². The van der Waals surface area contributed by atoms with E-state index in [2.05, 4.69) is 85.8 Å². The number of benzene rings is 5. The van der Waals surface area contributed by atoms with E-state index in [9.17, 15) is 9.59 Å². The number of hydrogen-bond acceptors (Lipinski definition) is 4. The number of carbonyl (C=O) groups is 2. The van der Waals surface area contributed by atoms with E-state index >= 15 is 0 Å². The van der Waals surface area contributed by atoms with Crippen molar-refractivity contribution in [3.05, 3.63) is 148 Å². The Morgan fingerprint density at radius 1 is 0.617 bits per heavy atom. The topological polar surface area (TPSA) is 56.7 Å². The van der Waals surface area contributed by atoms with Gasteiger partial charge in [0.25, 0.3) is 0 Å². The first-order chi connectivity index (χ1) is 22.7. The molecule has 8 rings (SSSR count). The van der Waals surface area contributed by atoms with Gasteiger partial charge >= 0.3 is 11.9 Å². The lowest BCUT2D eigenvalue weighted by atomic mass is 9.82. The predicted molar refractivity (Wildman–Crippen MR) is 186 cm³/mol. The molecule has 0 amide bonds. The molecule has 1 aliphatic rings. The van der Waals surface area contributed by atoms with Crippen LogP contribution >= 0.6 is 0 Å². The first kappa shape index (κ1) is 28.9. The molecule has 7 aromatic rings. The minimum atomic E-state index is -0.368. The third-order valence-electron chi connectivity index (χ3n) is 9.73. The van der Waals surface area contributed by atoms with Crippen molar-refractivity contribution in [1.29, 1.82) is 0 Å². The molecule has 0 saturated carbocycles. The smallest absolute Gasteiger partial charge is 0.337 e. The highest BCUT2D eigenvalue weighted by atomic mass is 16.5. The summed E-state index contributed by atoms with van der Waals surface area (Å²) in [6.07, 6.45) is 0. The van der Waals surface area contributed by atoms with Gasteiger partial charge in [-0.15, -0.1) is 0 Å². The number of fused-ring (bicyclic) bond motifs is 6. The molecule has 5 aromatic carbocycles. The van der Waals surface area contributed by atoms with Crippen molar-refractivity contribution in [2.45, 2.75) is 32.1 Å². The van der Waals surface area contributed by atoms with E-state index in [0.29, 0.717) is 11.1 Å². The van der Waals surface area contributed by atoms with Crippen LogP contribution in [0.25, 0.3) is 43.4 Å². The second-order valence-corrected chi connectivity index (χ2v) is 13.4. The fraction of sp³-hybridized carbons (Fsp3) is 0.167. The van der Waals surface area contributed by atoms with Crippen LogP contribution in [0, 0.1) is 0 Å². The van der Waals surface area contributed by atoms with Crippen LogP contribution in [-0.4, -0.2) is 26.2 Å². The lowest BCUT2D eigenvalue weighted by Crippen LogP contribution is -2.42. The molecule has 0 aliphatic carbocycles. The molecular weight excluding hydrogens is 582 g/mol. The van der Waals surface area contributed by atoms with Crippen LogP contribution in [0.5, 0.6) is 0 Å². The van der Waals surface area contributed by atoms with Crippen LogP contribution in [0.3, 0.4) is 0 Å². The number of esters is 2. The lowest BCUT2D eigenvalue weighted by molar-refractivity contribution is -0.526. The van der Waals surface area contributed by atoms with Crippen molar-refractivity contribution < 1.29 is 23.5 Å². The van der Waals surface area contributed by atoms with Gasteiger partial charge in [-0.05, 0) is 70.6 Å². The van der Waals surface area contributed by atoms with Crippen molar-refractivity contribution in [2.75, 3.05) is 14.2 Å². The number of rotatable bonds is 4. The third-order valence-corrected chi connectivity index (χ3v) is 9.73. The highest BCUT2D eigenvalue weighted by Gasteiger charge is 2.41. The minimum absolute atomic E-state index is 0.0446. The summed E-state index contributed by atoms with van der Waals surface area (Å²) in [7, 11) is 2.80. The lowest BCUT2D eigenvalue weighted by Gasteiger charge is -2.21. The second-order valence-electron chi connectivity index (χ2n) is 13.4. The van der Waals surface area contributed by atoms with Crippen molar-refractivity contribution in [1.82, 2.24) is 0 Å². The SMILES string of the molecule is COC(=O)c1ccc(C2=c3c4ccccc4c4cc(C(C)(C)C)cc5c6ccccc6c([n+]3c54)C2c2ccc(C(=O)OC)cc2)cc1. The summed E-state index contributed by atoms with van der Waals surface area (Å²) in [6.45, 7) is 6.81. The van der Waals surface area contributed by atoms with Crippen molar-refractivity contribution in [3.63, 3.8) is 0 Å². The number of carbonyl (C=O) groups excluding carboxylic acids is 2. The maximum Gasteiger partial charge on any atom is 0.337 e. The molecular formula is C42H34NO4+. The Kier molecular flexibility index (Phi) is 6.45. The molecule has 0 N–H and O–H groups in total. The average molecular weight is 617 g/mol. The van der Waals surface area contributed by atoms with Gasteiger partial charge in [-0.2, -0.15) is 4.40 Å². The summed E-state index contributed by atoms with van der Waals surface area (Å²) in [6, 6.07) is 37.7. The van der Waals surface area contributed by atoms with E-state index in [1.807, 2.05) is 48.5 Å². The average Bonchev–Trinajstić information content (AvgIpc) is 3.47. The molecule has 230 valence electrons. The molecule has 2 aromatic heterocycles. The Morgan fingerprint density at radius 2 is 1.11 bits per heavy atom. The third kappa shape index (κ3) is 4.26. The molecule has 47 heavy (non-hydrogen) atoms. The first-order valence-corrected chi connectivity index (χ1v) is 15.9. The molecule has 0 radical (unpaired) electrons. The van der Waals surface area contributed by atoms with E-state index in [4.69, 9.17) is 9.47 Å². The number of pyridine rings is 2. The molecule has 0 bridgehead atoms. The molecule has 1 unspecified atom stereocenters. The monoisotopic (exact) mass is 616 g/mol. The normalized spacial score (nSPS) is 14.4. The molecule has 1 atom stereocenters. The zero-order valence-electron chi connectivity index (χ0n) is 27.0. The molecule has 0 fully saturated rings. The fourth-order valence-corrected chi connectivity index (χ4v) is 7.46. The van der Waals surface area contributed by atoms with Crippen molar-refractivity contribution in [2.24, 2.45) is 0 Å². The summed E-state index contributed by atoms with van der Waals surface area (Å²) in [4.78, 5) is 24.9. The Morgan fingerprint density at radius 3 is 1.64 bits per heavy atom. The fourth-order valence-electron chi connectivity index (χ4n) is 7.46. The van der Waals surface area contributed by atoms with Gasteiger partial charge in [0.15, 0.2) is 0 Å². The number of hydrogen-bond donors (Lipinski definition) is 0. The van der Waals surface area contributed by atoms with Gasteiger partial charge in [-0.25, -0.2) is 9.59 Å². The minimum Gasteiger partial charge on any atom is -0.465 e. The van der Waals surface area contributed by atoms with Crippen LogP contribution in [-0.2, 0) is 14.9 Å². The van der Waals surface area contributed by atoms with E-state index in [1.54, 1.807) is 0 Å². The summed E-state index contributed by atoms with van der Waals surface area (Å²) in [5, 5.41) is 8.33. The van der Waals surface area contributed by atoms with E-state index in [0.717, 1.165) is 27.4 Å². The molecule has 1 aliphatic heterocycles. The van der Waals surface area contributed by atoms with E-state index < -0.39 is 0 Å². The van der Waals surface area contributed by atoms with Gasteiger partial charge in [0.1, 0.15) is 5.92 Å². The molecule has 0 saturated heterocycles. The van der Waals surface area contributed by atoms with E-state index in [1.165, 1.54) is 57.9 Å². The van der Waals surface area contributed by atoms with Crippen LogP contribution in [0.15, 0.2) is 109 Å². The van der Waals surface area contributed by atoms with E-state index in [-0.39, 0.29) is 23.3 Å². The zero-order chi connectivity index (χ0) is 32.6. The van der Waals surface area contributed by atoms with Crippen molar-refractivity contribution >= 4 is 55.3 Å². The van der Waals surface area contributed by atoms with Gasteiger partial charge in [0, 0.05) is 10.8 Å². The molecule has 3 heterocycles. The number of ether oxygens (including phenoxy) is 2. The van der Waals surface area contributed by atoms with Crippen LogP contribution in [0.2, 0.25) is 0 Å². The van der Waals surface area contributed by atoms with Crippen LogP contribution in [0.4, 0.5) is 0 Å². The summed E-state index contributed by atoms with van der Waals surface area (Å²) in [5.41, 5.74) is 7.84. The summed E-state index contributed by atoms with van der Waals surface area (Å²) >= 11 is 0. The zero-order valence-corrected chi connectivity index (χ0v) is 27.0. The Bertz CT molecular complexity index is 2470. The number of methoxy groups -OCH3 is 2. The van der Waals surface area contributed by atoms with Gasteiger partial charge in [0.05, 0.1) is 52.5 Å². The number of nitrogens with zero attached hydrogens (tertiary/aromatic N) is 1. The summed E-state index contributed by atoms with van der Waals surface area (Å²) < 4.78 is 12.5. The maximum atomic E-state index is 12.4. The summed E-state index contributed by atoms with van der Waals surface area (Å²) in [5.74, 6) is -0.904. The highest BCUT2D eigenvalue weighted by Crippen LogP contribution is 2.44. The maximum absolute atomic E-state index is 12.4. The Hall–Kier alpha value is -5.55. The predicted octanol–water partition coefficient (Wildman–Crippen LogP) is 7.82. The van der Waals surface area contributed by atoms with Gasteiger partial charge in [0.2, 0.25) is 16.6 Å². The molecule has 5 nitrogen and oxygen atoms in total. The standard InChI is InChI=1S/C42H34NO4/c1-42(2,3)28-22-33-29-10-6-8-12-31(29)38-35(24-14-18-26(19-15-24)40(44)46-4)36(25-16-20-27(21-17-25)41(45)47-5)39-32-13-9-7-11-30(32)34(23-28)37(33)43(38)39/h6-23,35H,1-5H3/q+1. The largest absolute Gasteiger partial charge is 0.465 e.